The van der Waals surface area contributed by atoms with Gasteiger partial charge in [0.15, 0.2) is 12.0 Å². The maximum Gasteiger partial charge on any atom is 0.222 e. The zero-order valence-electron chi connectivity index (χ0n) is 19.1. The average molecular weight is 522 g/mol. The number of aryl methyl sites for hydroxylation is 1. The van der Waals surface area contributed by atoms with Gasteiger partial charge in [-0.1, -0.05) is 11.6 Å². The van der Waals surface area contributed by atoms with Crippen molar-refractivity contribution in [3.8, 4) is 27.9 Å². The molecule has 0 spiro atoms. The Hall–Kier alpha value is -4.45. The third kappa shape index (κ3) is 3.95. The van der Waals surface area contributed by atoms with Crippen molar-refractivity contribution in [3.63, 3.8) is 0 Å². The number of benzene rings is 1. The Kier molecular flexibility index (Phi) is 5.52. The Bertz CT molecular complexity index is 1640. The SMILES string of the molecule is Nc1ccc(-c2cnn([C@@H]3CCCc4cc(-c5c(-n6cnnn6)ccc(Cl)c5F)c[n+]([O-])c43)c2)c(F)n1. The molecule has 0 amide bonds. The van der Waals surface area contributed by atoms with Gasteiger partial charge in [-0.05, 0) is 60.0 Å². The highest BCUT2D eigenvalue weighted by molar-refractivity contribution is 6.31. The van der Waals surface area contributed by atoms with Crippen molar-refractivity contribution in [2.75, 3.05) is 5.73 Å². The second kappa shape index (κ2) is 8.89. The molecule has 1 atom stereocenters. The van der Waals surface area contributed by atoms with Crippen molar-refractivity contribution in [2.24, 2.45) is 0 Å². The first-order valence-electron chi connectivity index (χ1n) is 11.3. The van der Waals surface area contributed by atoms with E-state index >= 15 is 4.39 Å². The predicted molar refractivity (Wildman–Crippen MR) is 129 cm³/mol. The van der Waals surface area contributed by atoms with Crippen LogP contribution in [0.5, 0.6) is 0 Å². The Balaban J connectivity index is 1.43. The number of hydrogen-bond donors (Lipinski definition) is 1. The molecule has 37 heavy (non-hydrogen) atoms. The van der Waals surface area contributed by atoms with Crippen LogP contribution in [0.1, 0.15) is 30.1 Å². The summed E-state index contributed by atoms with van der Waals surface area (Å²) in [5.74, 6) is -1.30. The number of anilines is 1. The van der Waals surface area contributed by atoms with E-state index in [0.29, 0.717) is 35.3 Å². The predicted octanol–water partition coefficient (Wildman–Crippen LogP) is 3.66. The quantitative estimate of drug-likeness (QED) is 0.217. The van der Waals surface area contributed by atoms with Crippen molar-refractivity contribution >= 4 is 17.4 Å². The maximum atomic E-state index is 15.3. The van der Waals surface area contributed by atoms with Crippen molar-refractivity contribution in [1.29, 1.82) is 0 Å². The molecule has 1 aromatic carbocycles. The summed E-state index contributed by atoms with van der Waals surface area (Å²) < 4.78 is 33.3. The van der Waals surface area contributed by atoms with Gasteiger partial charge in [0.25, 0.3) is 0 Å². The zero-order valence-corrected chi connectivity index (χ0v) is 19.8. The van der Waals surface area contributed by atoms with Crippen LogP contribution in [-0.2, 0) is 6.42 Å². The van der Waals surface area contributed by atoms with Gasteiger partial charge in [0.2, 0.25) is 11.6 Å². The first-order valence-corrected chi connectivity index (χ1v) is 11.7. The Morgan fingerprint density at radius 1 is 1.16 bits per heavy atom. The smallest absolute Gasteiger partial charge is 0.222 e. The number of hydrogen-bond acceptors (Lipinski definition) is 7. The first-order chi connectivity index (χ1) is 17.9. The second-order valence-electron chi connectivity index (χ2n) is 8.67. The maximum absolute atomic E-state index is 15.3. The largest absolute Gasteiger partial charge is 0.618 e. The lowest BCUT2D eigenvalue weighted by Gasteiger charge is -2.25. The van der Waals surface area contributed by atoms with Crippen LogP contribution in [0.4, 0.5) is 14.6 Å². The lowest BCUT2D eigenvalue weighted by atomic mass is 9.89. The fourth-order valence-electron chi connectivity index (χ4n) is 4.80. The molecule has 13 heteroatoms. The number of fused-ring (bicyclic) bond motifs is 1. The summed E-state index contributed by atoms with van der Waals surface area (Å²) in [6.07, 6.45) is 7.89. The monoisotopic (exact) mass is 521 g/mol. The van der Waals surface area contributed by atoms with E-state index in [2.05, 4.69) is 25.6 Å². The van der Waals surface area contributed by atoms with E-state index in [0.717, 1.165) is 16.7 Å². The molecule has 0 unspecified atom stereocenters. The number of pyridine rings is 2. The molecule has 4 heterocycles. The lowest BCUT2D eigenvalue weighted by molar-refractivity contribution is -0.616. The van der Waals surface area contributed by atoms with E-state index in [-0.39, 0.29) is 22.0 Å². The summed E-state index contributed by atoms with van der Waals surface area (Å²) in [5.41, 5.74) is 8.37. The molecular weight excluding hydrogens is 504 g/mol. The van der Waals surface area contributed by atoms with Gasteiger partial charge in [-0.25, -0.2) is 9.37 Å². The van der Waals surface area contributed by atoms with Gasteiger partial charge in [0.05, 0.1) is 28.0 Å². The van der Waals surface area contributed by atoms with Crippen LogP contribution in [0.25, 0.3) is 27.9 Å². The van der Waals surface area contributed by atoms with E-state index in [1.807, 2.05) is 0 Å². The minimum absolute atomic E-state index is 0.0810. The minimum atomic E-state index is -0.700. The third-order valence-corrected chi connectivity index (χ3v) is 6.74. The number of nitrogens with two attached hydrogens (primary N) is 1. The van der Waals surface area contributed by atoms with Gasteiger partial charge in [0.1, 0.15) is 18.2 Å². The molecule has 4 aromatic heterocycles. The van der Waals surface area contributed by atoms with Gasteiger partial charge in [-0.2, -0.15) is 18.9 Å². The van der Waals surface area contributed by atoms with Gasteiger partial charge in [-0.3, -0.25) is 4.68 Å². The molecule has 0 fully saturated rings. The van der Waals surface area contributed by atoms with E-state index < -0.39 is 17.8 Å². The van der Waals surface area contributed by atoms with Crippen LogP contribution in [-0.4, -0.2) is 35.0 Å². The highest BCUT2D eigenvalue weighted by Gasteiger charge is 2.32. The topological polar surface area (TPSA) is 127 Å². The summed E-state index contributed by atoms with van der Waals surface area (Å²) in [6, 6.07) is 7.44. The molecule has 0 radical (unpaired) electrons. The van der Waals surface area contributed by atoms with Crippen molar-refractivity contribution in [3.05, 3.63) is 88.5 Å². The third-order valence-electron chi connectivity index (χ3n) is 6.45. The Morgan fingerprint density at radius 2 is 2.03 bits per heavy atom. The van der Waals surface area contributed by atoms with Gasteiger partial charge < -0.3 is 10.9 Å². The van der Waals surface area contributed by atoms with Crippen molar-refractivity contribution in [1.82, 2.24) is 35.0 Å². The molecule has 0 aliphatic heterocycles. The molecule has 0 bridgehead atoms. The fourth-order valence-corrected chi connectivity index (χ4v) is 4.96. The number of nitrogen functional groups attached to an aromatic ring is 1. The number of nitrogens with zero attached hydrogens (tertiary/aromatic N) is 8. The average Bonchev–Trinajstić information content (AvgIpc) is 3.58. The number of aromatic nitrogens is 8. The first kappa shape index (κ1) is 23.0. The van der Waals surface area contributed by atoms with Crippen LogP contribution < -0.4 is 10.5 Å². The molecule has 1 aliphatic carbocycles. The molecular formula is C24H18ClF2N9O. The number of halogens is 3. The van der Waals surface area contributed by atoms with Crippen LogP contribution in [0.3, 0.4) is 0 Å². The molecule has 186 valence electrons. The normalized spacial score (nSPS) is 15.1. The van der Waals surface area contributed by atoms with Crippen LogP contribution in [0.2, 0.25) is 5.02 Å². The van der Waals surface area contributed by atoms with Gasteiger partial charge >= 0.3 is 0 Å². The van der Waals surface area contributed by atoms with Crippen LogP contribution in [0, 0.1) is 17.0 Å². The van der Waals surface area contributed by atoms with Gasteiger partial charge in [-0.15, -0.1) is 5.10 Å². The number of rotatable bonds is 4. The minimum Gasteiger partial charge on any atom is -0.618 e. The van der Waals surface area contributed by atoms with E-state index in [1.54, 1.807) is 23.0 Å². The van der Waals surface area contributed by atoms with Crippen molar-refractivity contribution < 1.29 is 13.5 Å². The van der Waals surface area contributed by atoms with E-state index in [9.17, 15) is 9.60 Å². The molecule has 10 nitrogen and oxygen atoms in total. The summed E-state index contributed by atoms with van der Waals surface area (Å²) in [6.45, 7) is 0. The second-order valence-corrected chi connectivity index (χ2v) is 9.07. The molecule has 5 aromatic rings. The summed E-state index contributed by atoms with van der Waals surface area (Å²) in [4.78, 5) is 3.66. The highest BCUT2D eigenvalue weighted by atomic mass is 35.5. The molecule has 0 saturated carbocycles. The zero-order chi connectivity index (χ0) is 25.7. The Labute approximate surface area is 213 Å². The van der Waals surface area contributed by atoms with E-state index in [1.165, 1.54) is 41.6 Å². The molecule has 6 rings (SSSR count). The molecule has 1 aliphatic rings. The van der Waals surface area contributed by atoms with Crippen LogP contribution >= 0.6 is 11.6 Å². The standard InChI is InChI=1S/C24H18ClF2N9O/c25-17-5-6-18(35-12-29-32-33-35)21(22(17)26)14-8-13-2-1-3-19(23(13)36(37)11-14)34-10-15(9-30-34)16-4-7-20(28)31-24(16)27/h4-12,19H,1-3H2,(H2,28,31)/t19-/m1/s1. The summed E-state index contributed by atoms with van der Waals surface area (Å²) >= 11 is 6.09. The van der Waals surface area contributed by atoms with Gasteiger partial charge in [0, 0.05) is 22.9 Å². The summed E-state index contributed by atoms with van der Waals surface area (Å²) in [5, 5.41) is 28.8. The number of tetrazole rings is 1. The highest BCUT2D eigenvalue weighted by Crippen LogP contribution is 2.37. The molecule has 0 saturated heterocycles. The van der Waals surface area contributed by atoms with Crippen LogP contribution in [0.15, 0.2) is 55.2 Å². The Morgan fingerprint density at radius 3 is 2.81 bits per heavy atom. The fraction of sp³-hybridized carbons (Fsp3) is 0.167. The van der Waals surface area contributed by atoms with E-state index in [4.69, 9.17) is 17.3 Å². The summed E-state index contributed by atoms with van der Waals surface area (Å²) in [7, 11) is 0. The van der Waals surface area contributed by atoms with Crippen molar-refractivity contribution in [2.45, 2.75) is 25.3 Å². The molecule has 2 N–H and O–H groups in total. The lowest BCUT2D eigenvalue weighted by Crippen LogP contribution is -2.39.